The lowest BCUT2D eigenvalue weighted by Crippen LogP contribution is -2.28. The number of nitrogens with zero attached hydrogens (tertiary/aromatic N) is 3. The predicted octanol–water partition coefficient (Wildman–Crippen LogP) is 4.76. The first-order chi connectivity index (χ1) is 15.3. The van der Waals surface area contributed by atoms with Crippen molar-refractivity contribution in [3.05, 3.63) is 91.6 Å². The van der Waals surface area contributed by atoms with E-state index in [-0.39, 0.29) is 29.1 Å². The molecule has 0 spiro atoms. The Balaban J connectivity index is 1.59. The molecule has 3 aromatic rings. The smallest absolute Gasteiger partial charge is 0.254 e. The van der Waals surface area contributed by atoms with Crippen LogP contribution in [0.5, 0.6) is 0 Å². The third kappa shape index (κ3) is 4.83. The number of halogens is 2. The maximum atomic E-state index is 13.5. The number of amides is 1. The van der Waals surface area contributed by atoms with Gasteiger partial charge in [0.15, 0.2) is 5.16 Å². The lowest BCUT2D eigenvalue weighted by Gasteiger charge is -2.22. The number of benzene rings is 2. The first-order valence-electron chi connectivity index (χ1n) is 9.93. The molecule has 2 heterocycles. The number of hydrogen-bond donors (Lipinski definition) is 1. The summed E-state index contributed by atoms with van der Waals surface area (Å²) in [7, 11) is 0. The van der Waals surface area contributed by atoms with Crippen molar-refractivity contribution < 1.29 is 9.18 Å². The molecule has 1 N–H and O–H groups in total. The van der Waals surface area contributed by atoms with Gasteiger partial charge in [0, 0.05) is 22.2 Å². The normalized spacial score (nSPS) is 15.7. The Labute approximate surface area is 197 Å². The number of thioether (sulfide) groups is 1. The van der Waals surface area contributed by atoms with Crippen molar-refractivity contribution in [1.29, 1.82) is 0 Å². The summed E-state index contributed by atoms with van der Waals surface area (Å²) in [4.78, 5) is 32.2. The molecule has 1 atom stereocenters. The van der Waals surface area contributed by atoms with Gasteiger partial charge < -0.3 is 4.98 Å². The SMILES string of the molecule is Cc1nc(SCC(=O)N2N=C(c3ccc(Br)cc3)CC2c2ccc(F)cc2)[nH]c(=O)c1C. The summed E-state index contributed by atoms with van der Waals surface area (Å²) in [5, 5.41) is 6.46. The summed E-state index contributed by atoms with van der Waals surface area (Å²) in [6.45, 7) is 3.47. The van der Waals surface area contributed by atoms with Gasteiger partial charge in [-0.3, -0.25) is 9.59 Å². The second-order valence-electron chi connectivity index (χ2n) is 7.43. The van der Waals surface area contributed by atoms with Crippen molar-refractivity contribution in [3.8, 4) is 0 Å². The van der Waals surface area contributed by atoms with E-state index in [1.54, 1.807) is 26.0 Å². The third-order valence-electron chi connectivity index (χ3n) is 5.30. The molecular weight excluding hydrogens is 495 g/mol. The van der Waals surface area contributed by atoms with E-state index in [0.717, 1.165) is 33.1 Å². The summed E-state index contributed by atoms with van der Waals surface area (Å²) in [6.07, 6.45) is 0.516. The van der Waals surface area contributed by atoms with Crippen LogP contribution in [0.1, 0.15) is 34.8 Å². The van der Waals surface area contributed by atoms with Gasteiger partial charge in [-0.2, -0.15) is 5.10 Å². The van der Waals surface area contributed by atoms with Gasteiger partial charge in [-0.1, -0.05) is 52.0 Å². The summed E-state index contributed by atoms with van der Waals surface area (Å²) in [5.41, 5.74) is 3.47. The van der Waals surface area contributed by atoms with Crippen LogP contribution >= 0.6 is 27.7 Å². The minimum Gasteiger partial charge on any atom is -0.301 e. The Bertz CT molecular complexity index is 1240. The van der Waals surface area contributed by atoms with Crippen molar-refractivity contribution in [2.24, 2.45) is 5.10 Å². The van der Waals surface area contributed by atoms with Crippen LogP contribution in [0.15, 0.2) is 68.1 Å². The molecule has 0 saturated heterocycles. The van der Waals surface area contributed by atoms with Gasteiger partial charge in [0.05, 0.1) is 17.5 Å². The van der Waals surface area contributed by atoms with Crippen molar-refractivity contribution in [1.82, 2.24) is 15.0 Å². The molecule has 4 rings (SSSR count). The molecule has 9 heteroatoms. The molecule has 164 valence electrons. The highest BCUT2D eigenvalue weighted by Gasteiger charge is 2.33. The number of carbonyl (C=O) groups excluding carboxylic acids is 1. The van der Waals surface area contributed by atoms with Gasteiger partial charge in [0.25, 0.3) is 11.5 Å². The van der Waals surface area contributed by atoms with E-state index in [1.807, 2.05) is 24.3 Å². The number of aromatic amines is 1. The molecule has 1 aliphatic heterocycles. The van der Waals surface area contributed by atoms with Crippen LogP contribution in [0.3, 0.4) is 0 Å². The van der Waals surface area contributed by atoms with E-state index >= 15 is 0 Å². The lowest BCUT2D eigenvalue weighted by atomic mass is 9.98. The Morgan fingerprint density at radius 2 is 1.88 bits per heavy atom. The molecule has 0 fully saturated rings. The Hall–Kier alpha value is -2.78. The van der Waals surface area contributed by atoms with Crippen LogP contribution in [0.2, 0.25) is 0 Å². The van der Waals surface area contributed by atoms with Gasteiger partial charge in [0.2, 0.25) is 0 Å². The van der Waals surface area contributed by atoms with Crippen LogP contribution in [0, 0.1) is 19.7 Å². The number of rotatable bonds is 5. The fourth-order valence-corrected chi connectivity index (χ4v) is 4.41. The average Bonchev–Trinajstić information content (AvgIpc) is 3.22. The van der Waals surface area contributed by atoms with E-state index < -0.39 is 0 Å². The average molecular weight is 515 g/mol. The van der Waals surface area contributed by atoms with Crippen molar-refractivity contribution in [2.75, 3.05) is 5.75 Å². The molecule has 0 bridgehead atoms. The number of carbonyl (C=O) groups is 1. The minimum absolute atomic E-state index is 0.0558. The molecule has 0 radical (unpaired) electrons. The van der Waals surface area contributed by atoms with Crippen LogP contribution in [-0.2, 0) is 4.79 Å². The van der Waals surface area contributed by atoms with E-state index in [4.69, 9.17) is 0 Å². The van der Waals surface area contributed by atoms with E-state index in [1.165, 1.54) is 17.1 Å². The fourth-order valence-electron chi connectivity index (χ4n) is 3.39. The largest absolute Gasteiger partial charge is 0.301 e. The molecule has 0 aliphatic carbocycles. The zero-order valence-electron chi connectivity index (χ0n) is 17.4. The Morgan fingerprint density at radius 3 is 2.53 bits per heavy atom. The molecule has 2 aromatic carbocycles. The first-order valence-corrected chi connectivity index (χ1v) is 11.7. The van der Waals surface area contributed by atoms with Crippen molar-refractivity contribution >= 4 is 39.3 Å². The first kappa shape index (κ1) is 22.4. The van der Waals surface area contributed by atoms with Crippen LogP contribution in [0.25, 0.3) is 0 Å². The second kappa shape index (κ2) is 9.38. The zero-order valence-corrected chi connectivity index (χ0v) is 19.8. The number of nitrogens with one attached hydrogen (secondary N) is 1. The Morgan fingerprint density at radius 1 is 1.19 bits per heavy atom. The number of H-pyrrole nitrogens is 1. The molecule has 0 saturated carbocycles. The fraction of sp³-hybridized carbons (Fsp3) is 0.217. The predicted molar refractivity (Wildman–Crippen MR) is 126 cm³/mol. The van der Waals surface area contributed by atoms with E-state index in [2.05, 4.69) is 31.0 Å². The highest BCUT2D eigenvalue weighted by atomic mass is 79.9. The maximum Gasteiger partial charge on any atom is 0.254 e. The minimum atomic E-state index is -0.339. The third-order valence-corrected chi connectivity index (χ3v) is 6.69. The van der Waals surface area contributed by atoms with Gasteiger partial charge in [-0.15, -0.1) is 0 Å². The molecule has 1 unspecified atom stereocenters. The molecule has 1 aromatic heterocycles. The molecule has 1 amide bonds. The maximum absolute atomic E-state index is 13.5. The van der Waals surface area contributed by atoms with Gasteiger partial charge in [0.1, 0.15) is 5.82 Å². The number of aromatic nitrogens is 2. The van der Waals surface area contributed by atoms with Crippen LogP contribution in [-0.4, -0.2) is 32.3 Å². The van der Waals surface area contributed by atoms with Crippen LogP contribution < -0.4 is 5.56 Å². The van der Waals surface area contributed by atoms with Crippen molar-refractivity contribution in [2.45, 2.75) is 31.5 Å². The van der Waals surface area contributed by atoms with Gasteiger partial charge in [-0.05, 0) is 49.2 Å². The molecule has 32 heavy (non-hydrogen) atoms. The standard InChI is InChI=1S/C23H20BrFN4O2S/c1-13-14(2)26-23(27-22(13)31)32-12-21(30)29-20(16-5-9-18(25)10-6-16)11-19(28-29)15-3-7-17(24)8-4-15/h3-10,20H,11-12H2,1-2H3,(H,26,27,31). The molecular formula is C23H20BrFN4O2S. The summed E-state index contributed by atoms with van der Waals surface area (Å²) < 4.78 is 14.4. The quantitative estimate of drug-likeness (QED) is 0.393. The topological polar surface area (TPSA) is 78.4 Å². The summed E-state index contributed by atoms with van der Waals surface area (Å²) in [6, 6.07) is 13.5. The second-order valence-corrected chi connectivity index (χ2v) is 9.31. The van der Waals surface area contributed by atoms with E-state index in [9.17, 15) is 14.0 Å². The highest BCUT2D eigenvalue weighted by Crippen LogP contribution is 2.34. The van der Waals surface area contributed by atoms with Crippen LogP contribution in [0.4, 0.5) is 4.39 Å². The van der Waals surface area contributed by atoms with Gasteiger partial charge >= 0.3 is 0 Å². The number of hydrogen-bond acceptors (Lipinski definition) is 5. The number of hydrazone groups is 1. The number of aryl methyl sites for hydroxylation is 1. The molecule has 6 nitrogen and oxygen atoms in total. The van der Waals surface area contributed by atoms with Crippen molar-refractivity contribution in [3.63, 3.8) is 0 Å². The van der Waals surface area contributed by atoms with Gasteiger partial charge in [-0.25, -0.2) is 14.4 Å². The highest BCUT2D eigenvalue weighted by molar-refractivity contribution is 9.10. The Kier molecular flexibility index (Phi) is 6.57. The van der Waals surface area contributed by atoms with E-state index in [0.29, 0.717) is 22.8 Å². The summed E-state index contributed by atoms with van der Waals surface area (Å²) in [5.74, 6) is -0.503. The summed E-state index contributed by atoms with van der Waals surface area (Å²) >= 11 is 4.59. The lowest BCUT2D eigenvalue weighted by molar-refractivity contribution is -0.130. The zero-order chi connectivity index (χ0) is 22.8. The molecule has 1 aliphatic rings. The monoisotopic (exact) mass is 514 g/mol.